The van der Waals surface area contributed by atoms with Crippen LogP contribution in [0.15, 0.2) is 0 Å². The number of rotatable bonds is 1. The Hall–Kier alpha value is -0.0800. The Bertz CT molecular complexity index is 128. The summed E-state index contributed by atoms with van der Waals surface area (Å²) in [5, 5.41) is 19.2. The van der Waals surface area contributed by atoms with Crippen molar-refractivity contribution in [1.82, 2.24) is 0 Å². The van der Waals surface area contributed by atoms with Crippen molar-refractivity contribution in [2.75, 3.05) is 0 Å². The Kier molecular flexibility index (Phi) is 2.55. The van der Waals surface area contributed by atoms with E-state index >= 15 is 0 Å². The van der Waals surface area contributed by atoms with Crippen molar-refractivity contribution in [3.8, 4) is 0 Å². The fourth-order valence-electron chi connectivity index (χ4n) is 1.68. The van der Waals surface area contributed by atoms with Gasteiger partial charge in [-0.2, -0.15) is 0 Å². The summed E-state index contributed by atoms with van der Waals surface area (Å²) in [5.41, 5.74) is -0.501. The second kappa shape index (κ2) is 3.11. The van der Waals surface area contributed by atoms with Crippen LogP contribution in [0, 0.1) is 5.92 Å². The molecule has 2 nitrogen and oxygen atoms in total. The minimum Gasteiger partial charge on any atom is -0.393 e. The van der Waals surface area contributed by atoms with Crippen LogP contribution in [-0.4, -0.2) is 21.9 Å². The molecule has 0 heterocycles. The highest BCUT2D eigenvalue weighted by atomic mass is 16.3. The molecule has 0 aromatic heterocycles. The van der Waals surface area contributed by atoms with E-state index < -0.39 is 5.60 Å². The van der Waals surface area contributed by atoms with Gasteiger partial charge in [-0.05, 0) is 31.6 Å². The summed E-state index contributed by atoms with van der Waals surface area (Å²) in [5.74, 6) is 0.315. The van der Waals surface area contributed by atoms with E-state index in [1.54, 1.807) is 0 Å². The Morgan fingerprint density at radius 1 is 1.36 bits per heavy atom. The maximum atomic E-state index is 9.96. The van der Waals surface area contributed by atoms with E-state index in [4.69, 9.17) is 0 Å². The highest BCUT2D eigenvalue weighted by Crippen LogP contribution is 2.33. The zero-order chi connectivity index (χ0) is 8.48. The first-order valence-electron chi connectivity index (χ1n) is 4.45. The zero-order valence-electron chi connectivity index (χ0n) is 7.38. The molecule has 1 aliphatic rings. The second-order valence-electron chi connectivity index (χ2n) is 3.99. The van der Waals surface area contributed by atoms with Crippen molar-refractivity contribution in [3.63, 3.8) is 0 Å². The molecule has 0 aliphatic heterocycles. The summed E-state index contributed by atoms with van der Waals surface area (Å²) in [4.78, 5) is 0. The van der Waals surface area contributed by atoms with Crippen LogP contribution < -0.4 is 0 Å². The standard InChI is InChI=1S/C9H18O2.H2/c1-7(2)9(11)5-3-8(10)4-6-9;/h7-8,10-11H,3-6H2,1-2H3;1H. The highest BCUT2D eigenvalue weighted by molar-refractivity contribution is 4.87. The predicted molar refractivity (Wildman–Crippen MR) is 46.4 cm³/mol. The first kappa shape index (κ1) is 9.01. The van der Waals surface area contributed by atoms with Crippen molar-refractivity contribution in [1.29, 1.82) is 0 Å². The van der Waals surface area contributed by atoms with Gasteiger partial charge in [0.05, 0.1) is 11.7 Å². The van der Waals surface area contributed by atoms with Crippen LogP contribution in [0.5, 0.6) is 0 Å². The predicted octanol–water partition coefficient (Wildman–Crippen LogP) is 1.55. The number of hydrogen-bond donors (Lipinski definition) is 2. The SMILES string of the molecule is CC(C)C1(O)CCC(O)CC1.[HH]. The van der Waals surface area contributed by atoms with Crippen molar-refractivity contribution in [2.24, 2.45) is 5.92 Å². The Labute approximate surface area is 69.7 Å². The maximum absolute atomic E-state index is 9.96. The van der Waals surface area contributed by atoms with Gasteiger partial charge in [0.2, 0.25) is 0 Å². The van der Waals surface area contributed by atoms with E-state index in [1.165, 1.54) is 0 Å². The smallest absolute Gasteiger partial charge is 0.0672 e. The van der Waals surface area contributed by atoms with Gasteiger partial charge in [0.15, 0.2) is 0 Å². The molecule has 68 valence electrons. The molecule has 0 atom stereocenters. The lowest BCUT2D eigenvalue weighted by atomic mass is 9.76. The van der Waals surface area contributed by atoms with E-state index in [0.717, 1.165) is 25.7 Å². The van der Waals surface area contributed by atoms with Crippen LogP contribution in [0.2, 0.25) is 0 Å². The maximum Gasteiger partial charge on any atom is 0.0672 e. The van der Waals surface area contributed by atoms with Crippen LogP contribution in [0.4, 0.5) is 0 Å². The van der Waals surface area contributed by atoms with Gasteiger partial charge in [-0.25, -0.2) is 0 Å². The van der Waals surface area contributed by atoms with Gasteiger partial charge in [0.1, 0.15) is 0 Å². The minimum atomic E-state index is -0.501. The van der Waals surface area contributed by atoms with E-state index in [2.05, 4.69) is 0 Å². The van der Waals surface area contributed by atoms with Crippen molar-refractivity contribution >= 4 is 0 Å². The van der Waals surface area contributed by atoms with Crippen molar-refractivity contribution < 1.29 is 11.6 Å². The van der Waals surface area contributed by atoms with Crippen LogP contribution in [0.1, 0.15) is 41.0 Å². The molecule has 0 saturated heterocycles. The quantitative estimate of drug-likeness (QED) is 0.611. The van der Waals surface area contributed by atoms with Crippen LogP contribution in [-0.2, 0) is 0 Å². The molecule has 11 heavy (non-hydrogen) atoms. The second-order valence-corrected chi connectivity index (χ2v) is 3.99. The van der Waals surface area contributed by atoms with Gasteiger partial charge in [-0.3, -0.25) is 0 Å². The molecule has 0 spiro atoms. The third-order valence-corrected chi connectivity index (χ3v) is 2.90. The minimum absolute atomic E-state index is 0. The summed E-state index contributed by atoms with van der Waals surface area (Å²) in [7, 11) is 0. The fraction of sp³-hybridized carbons (Fsp3) is 1.00. The van der Waals surface area contributed by atoms with E-state index in [-0.39, 0.29) is 7.53 Å². The first-order chi connectivity index (χ1) is 5.04. The number of aliphatic hydroxyl groups is 2. The van der Waals surface area contributed by atoms with Crippen LogP contribution >= 0.6 is 0 Å². The Balaban J connectivity index is 0.00000121. The largest absolute Gasteiger partial charge is 0.393 e. The normalized spacial score (nSPS) is 39.5. The third-order valence-electron chi connectivity index (χ3n) is 2.90. The molecule has 1 saturated carbocycles. The summed E-state index contributed by atoms with van der Waals surface area (Å²) in [6.07, 6.45) is 2.86. The third kappa shape index (κ3) is 1.94. The van der Waals surface area contributed by atoms with Gasteiger partial charge < -0.3 is 10.2 Å². The van der Waals surface area contributed by atoms with Gasteiger partial charge in [0.25, 0.3) is 0 Å². The molecule has 0 aromatic carbocycles. The molecule has 0 radical (unpaired) electrons. The van der Waals surface area contributed by atoms with Gasteiger partial charge >= 0.3 is 0 Å². The molecule has 1 rings (SSSR count). The Morgan fingerprint density at radius 2 is 1.82 bits per heavy atom. The lowest BCUT2D eigenvalue weighted by Crippen LogP contribution is -2.40. The molecule has 1 aliphatic carbocycles. The molecular weight excluding hydrogens is 140 g/mol. The van der Waals surface area contributed by atoms with E-state index in [9.17, 15) is 10.2 Å². The molecular formula is C9H20O2. The van der Waals surface area contributed by atoms with Gasteiger partial charge in [-0.15, -0.1) is 0 Å². The van der Waals surface area contributed by atoms with Gasteiger partial charge in [0, 0.05) is 1.43 Å². The number of aliphatic hydroxyl groups excluding tert-OH is 1. The van der Waals surface area contributed by atoms with E-state index in [1.807, 2.05) is 13.8 Å². The zero-order valence-corrected chi connectivity index (χ0v) is 7.38. The Morgan fingerprint density at radius 3 is 2.18 bits per heavy atom. The van der Waals surface area contributed by atoms with Crippen molar-refractivity contribution in [3.05, 3.63) is 0 Å². The summed E-state index contributed by atoms with van der Waals surface area (Å²) < 4.78 is 0. The van der Waals surface area contributed by atoms with Crippen LogP contribution in [0.3, 0.4) is 0 Å². The summed E-state index contributed by atoms with van der Waals surface area (Å²) in [6.45, 7) is 4.08. The molecule has 2 N–H and O–H groups in total. The monoisotopic (exact) mass is 160 g/mol. The molecule has 0 unspecified atom stereocenters. The molecule has 2 heteroatoms. The van der Waals surface area contributed by atoms with Gasteiger partial charge in [-0.1, -0.05) is 13.8 Å². The molecule has 1 fully saturated rings. The molecule has 0 aromatic rings. The summed E-state index contributed by atoms with van der Waals surface area (Å²) in [6, 6.07) is 0. The highest BCUT2D eigenvalue weighted by Gasteiger charge is 2.34. The van der Waals surface area contributed by atoms with E-state index in [0.29, 0.717) is 5.92 Å². The molecule has 0 amide bonds. The summed E-state index contributed by atoms with van der Waals surface area (Å²) >= 11 is 0. The van der Waals surface area contributed by atoms with Crippen molar-refractivity contribution in [2.45, 2.75) is 51.2 Å². The lowest BCUT2D eigenvalue weighted by molar-refractivity contribution is -0.0636. The lowest BCUT2D eigenvalue weighted by Gasteiger charge is -2.37. The molecule has 0 bridgehead atoms. The van der Waals surface area contributed by atoms with Crippen LogP contribution in [0.25, 0.3) is 0 Å². The first-order valence-corrected chi connectivity index (χ1v) is 4.45. The topological polar surface area (TPSA) is 40.5 Å². The fourth-order valence-corrected chi connectivity index (χ4v) is 1.68. The average molecular weight is 160 g/mol. The average Bonchev–Trinajstić information content (AvgIpc) is 1.95. The number of hydrogen-bond acceptors (Lipinski definition) is 2.